The summed E-state index contributed by atoms with van der Waals surface area (Å²) < 4.78 is 9.00. The number of benzene rings is 1. The number of aryl methyl sites for hydroxylation is 1. The number of nitrogens with zero attached hydrogens (tertiary/aromatic N) is 2. The van der Waals surface area contributed by atoms with Gasteiger partial charge in [-0.15, -0.1) is 0 Å². The normalized spacial score (nSPS) is 13.7. The Balaban J connectivity index is 1.72. The predicted molar refractivity (Wildman–Crippen MR) is 103 cm³/mol. The first-order valence-corrected chi connectivity index (χ1v) is 9.50. The van der Waals surface area contributed by atoms with Crippen molar-refractivity contribution in [3.63, 3.8) is 0 Å². The Morgan fingerprint density at radius 2 is 2.12 bits per heavy atom. The van der Waals surface area contributed by atoms with E-state index >= 15 is 0 Å². The van der Waals surface area contributed by atoms with E-state index in [-0.39, 0.29) is 5.91 Å². The molecule has 0 spiro atoms. The third kappa shape index (κ3) is 4.32. The highest BCUT2D eigenvalue weighted by molar-refractivity contribution is 7.97. The maximum atomic E-state index is 11.8. The first-order chi connectivity index (χ1) is 12.2. The monoisotopic (exact) mass is 357 g/mol. The summed E-state index contributed by atoms with van der Waals surface area (Å²) in [5, 5.41) is 0. The fourth-order valence-corrected chi connectivity index (χ4v) is 3.31. The van der Waals surface area contributed by atoms with Gasteiger partial charge in [-0.1, -0.05) is 24.9 Å². The van der Waals surface area contributed by atoms with Crippen molar-refractivity contribution in [2.75, 3.05) is 30.9 Å². The number of rotatable bonds is 7. The van der Waals surface area contributed by atoms with E-state index in [1.807, 2.05) is 31.4 Å². The minimum Gasteiger partial charge on any atom is -0.491 e. The van der Waals surface area contributed by atoms with E-state index in [1.54, 1.807) is 23.0 Å². The molecule has 0 bridgehead atoms. The molecule has 0 unspecified atom stereocenters. The molecule has 0 fully saturated rings. The van der Waals surface area contributed by atoms with Crippen molar-refractivity contribution in [3.8, 4) is 16.9 Å². The maximum Gasteiger partial charge on any atom is 0.227 e. The minimum absolute atomic E-state index is 0.173. The van der Waals surface area contributed by atoms with E-state index in [2.05, 4.69) is 22.7 Å². The van der Waals surface area contributed by atoms with Gasteiger partial charge < -0.3 is 9.64 Å². The van der Waals surface area contributed by atoms with Crippen LogP contribution in [0.5, 0.6) is 5.75 Å². The lowest BCUT2D eigenvalue weighted by molar-refractivity contribution is -0.118. The van der Waals surface area contributed by atoms with Gasteiger partial charge in [0.05, 0.1) is 6.20 Å². The molecule has 0 saturated carbocycles. The summed E-state index contributed by atoms with van der Waals surface area (Å²) in [6.45, 7) is 3.51. The number of ether oxygens (including phenoxy) is 1. The van der Waals surface area contributed by atoms with Crippen LogP contribution in [0.15, 0.2) is 36.7 Å². The van der Waals surface area contributed by atoms with Crippen LogP contribution in [0.25, 0.3) is 11.1 Å². The van der Waals surface area contributed by atoms with Gasteiger partial charge in [-0.25, -0.2) is 0 Å². The number of hydrogen-bond donors (Lipinski definition) is 1. The van der Waals surface area contributed by atoms with Gasteiger partial charge in [0.25, 0.3) is 0 Å². The molecule has 0 aliphatic carbocycles. The molecule has 1 aliphatic rings. The Kier molecular flexibility index (Phi) is 5.94. The number of carbonyl (C=O) groups is 1. The first kappa shape index (κ1) is 17.8. The zero-order valence-electron chi connectivity index (χ0n) is 14.6. The highest BCUT2D eigenvalue weighted by Crippen LogP contribution is 2.32. The quantitative estimate of drug-likeness (QED) is 0.609. The van der Waals surface area contributed by atoms with Crippen LogP contribution in [0, 0.1) is 0 Å². The Hall–Kier alpha value is -2.05. The number of nitrogens with one attached hydrogen (secondary N) is 1. The van der Waals surface area contributed by atoms with Crippen LogP contribution in [-0.2, 0) is 11.2 Å². The summed E-state index contributed by atoms with van der Waals surface area (Å²) in [4.78, 5) is 17.9. The van der Waals surface area contributed by atoms with Crippen LogP contribution >= 0.6 is 11.9 Å². The topological polar surface area (TPSA) is 54.5 Å². The average Bonchev–Trinajstić information content (AvgIpc) is 2.65. The van der Waals surface area contributed by atoms with E-state index in [1.165, 1.54) is 5.56 Å². The van der Waals surface area contributed by atoms with Crippen molar-refractivity contribution in [2.45, 2.75) is 19.8 Å². The molecule has 25 heavy (non-hydrogen) atoms. The maximum absolute atomic E-state index is 11.8. The van der Waals surface area contributed by atoms with Crippen molar-refractivity contribution < 1.29 is 9.53 Å². The van der Waals surface area contributed by atoms with Crippen LogP contribution in [0.1, 0.15) is 18.9 Å². The van der Waals surface area contributed by atoms with Crippen LogP contribution < -0.4 is 14.4 Å². The molecule has 3 rings (SSSR count). The molecule has 0 radical (unpaired) electrons. The zero-order chi connectivity index (χ0) is 17.6. The van der Waals surface area contributed by atoms with E-state index in [4.69, 9.17) is 4.74 Å². The SMILES string of the molecule is CCSNCCOc1cncc(-c2ccc3c(c2)CCC(=O)N3C)c1. The lowest BCUT2D eigenvalue weighted by Gasteiger charge is -2.26. The van der Waals surface area contributed by atoms with E-state index < -0.39 is 0 Å². The van der Waals surface area contributed by atoms with E-state index in [9.17, 15) is 4.79 Å². The van der Waals surface area contributed by atoms with Crippen molar-refractivity contribution in [3.05, 3.63) is 42.2 Å². The number of anilines is 1. The first-order valence-electron chi connectivity index (χ1n) is 8.51. The molecule has 1 aromatic carbocycles. The molecule has 2 heterocycles. The lowest BCUT2D eigenvalue weighted by Crippen LogP contribution is -2.30. The molecular formula is C19H23N3O2S. The Bertz CT molecular complexity index is 751. The molecule has 5 nitrogen and oxygen atoms in total. The van der Waals surface area contributed by atoms with Gasteiger partial charge in [0.1, 0.15) is 12.4 Å². The van der Waals surface area contributed by atoms with E-state index in [0.717, 1.165) is 41.3 Å². The molecule has 132 valence electrons. The van der Waals surface area contributed by atoms with Gasteiger partial charge in [-0.3, -0.25) is 14.5 Å². The second-order valence-electron chi connectivity index (χ2n) is 5.88. The van der Waals surface area contributed by atoms with Crippen LogP contribution in [-0.4, -0.2) is 36.8 Å². The number of carbonyl (C=O) groups excluding carboxylic acids is 1. The van der Waals surface area contributed by atoms with E-state index in [0.29, 0.717) is 13.0 Å². The number of hydrogen-bond acceptors (Lipinski definition) is 5. The third-order valence-corrected chi connectivity index (χ3v) is 4.89. The van der Waals surface area contributed by atoms with Gasteiger partial charge in [0, 0.05) is 43.2 Å². The van der Waals surface area contributed by atoms with Gasteiger partial charge >= 0.3 is 0 Å². The summed E-state index contributed by atoms with van der Waals surface area (Å²) in [6, 6.07) is 8.22. The summed E-state index contributed by atoms with van der Waals surface area (Å²) >= 11 is 1.68. The van der Waals surface area contributed by atoms with Crippen molar-refractivity contribution in [1.82, 2.24) is 9.71 Å². The lowest BCUT2D eigenvalue weighted by atomic mass is 9.97. The molecule has 1 aliphatic heterocycles. The molecule has 1 amide bonds. The van der Waals surface area contributed by atoms with Crippen LogP contribution in [0.4, 0.5) is 5.69 Å². The largest absolute Gasteiger partial charge is 0.491 e. The number of aromatic nitrogens is 1. The van der Waals surface area contributed by atoms with Crippen LogP contribution in [0.3, 0.4) is 0 Å². The second kappa shape index (κ2) is 8.36. The zero-order valence-corrected chi connectivity index (χ0v) is 15.4. The molecule has 1 N–H and O–H groups in total. The Morgan fingerprint density at radius 3 is 2.96 bits per heavy atom. The van der Waals surface area contributed by atoms with Gasteiger partial charge in [0.15, 0.2) is 0 Å². The fraction of sp³-hybridized carbons (Fsp3) is 0.368. The summed E-state index contributed by atoms with van der Waals surface area (Å²) in [6.07, 6.45) is 4.94. The molecule has 1 aromatic heterocycles. The standard InChI is InChI=1S/C19H23N3O2S/c1-3-25-21-8-9-24-17-11-16(12-20-13-17)14-4-6-18-15(10-14)5-7-19(23)22(18)2/h4,6,10-13,21H,3,5,7-9H2,1-2H3. The second-order valence-corrected chi connectivity index (χ2v) is 7.04. The van der Waals surface area contributed by atoms with Crippen molar-refractivity contribution in [1.29, 1.82) is 0 Å². The van der Waals surface area contributed by atoms with Crippen LogP contribution in [0.2, 0.25) is 0 Å². The molecular weight excluding hydrogens is 334 g/mol. The smallest absolute Gasteiger partial charge is 0.227 e. The molecule has 0 atom stereocenters. The average molecular weight is 357 g/mol. The molecule has 2 aromatic rings. The third-order valence-electron chi connectivity index (χ3n) is 4.19. The summed E-state index contributed by atoms with van der Waals surface area (Å²) in [5.41, 5.74) is 4.32. The van der Waals surface area contributed by atoms with Gasteiger partial charge in [-0.2, -0.15) is 0 Å². The minimum atomic E-state index is 0.173. The summed E-state index contributed by atoms with van der Waals surface area (Å²) in [7, 11) is 1.83. The summed E-state index contributed by atoms with van der Waals surface area (Å²) in [5.74, 6) is 1.98. The number of amides is 1. The van der Waals surface area contributed by atoms with Gasteiger partial charge in [-0.05, 0) is 35.7 Å². The van der Waals surface area contributed by atoms with Gasteiger partial charge in [0.2, 0.25) is 5.91 Å². The number of fused-ring (bicyclic) bond motifs is 1. The Morgan fingerprint density at radius 1 is 1.24 bits per heavy atom. The highest BCUT2D eigenvalue weighted by Gasteiger charge is 2.20. The number of pyridine rings is 1. The predicted octanol–water partition coefficient (Wildman–Crippen LogP) is 3.29. The fourth-order valence-electron chi connectivity index (χ4n) is 2.88. The molecule has 6 heteroatoms. The molecule has 0 saturated heterocycles. The highest BCUT2D eigenvalue weighted by atomic mass is 32.2. The van der Waals surface area contributed by atoms with Crippen molar-refractivity contribution in [2.24, 2.45) is 0 Å². The Labute approximate surface area is 152 Å². The van der Waals surface area contributed by atoms with Crippen molar-refractivity contribution >= 4 is 23.5 Å².